The number of hydrogen-bond donors (Lipinski definition) is 2. The van der Waals surface area contributed by atoms with E-state index in [1.54, 1.807) is 13.8 Å². The largest absolute Gasteiger partial charge is 0.495 e. The molecule has 1 aromatic rings. The summed E-state index contributed by atoms with van der Waals surface area (Å²) in [6, 6.07) is 3.58. The Bertz CT molecular complexity index is 761. The summed E-state index contributed by atoms with van der Waals surface area (Å²) in [6.07, 6.45) is 1.75. The van der Waals surface area contributed by atoms with Gasteiger partial charge in [0, 0.05) is 12.1 Å². The lowest BCUT2D eigenvalue weighted by molar-refractivity contribution is -0.124. The van der Waals surface area contributed by atoms with E-state index in [0.29, 0.717) is 0 Å². The lowest BCUT2D eigenvalue weighted by atomic mass is 10.2. The third-order valence-electron chi connectivity index (χ3n) is 3.54. The van der Waals surface area contributed by atoms with Crippen LogP contribution in [-0.4, -0.2) is 46.1 Å². The van der Waals surface area contributed by atoms with Crippen LogP contribution in [0.5, 0.6) is 5.75 Å². The first-order chi connectivity index (χ1) is 12.6. The normalized spacial score (nSPS) is 12.5. The van der Waals surface area contributed by atoms with Crippen LogP contribution in [0.15, 0.2) is 23.1 Å². The molecule has 1 rings (SSSR count). The molecule has 0 aromatic heterocycles. The van der Waals surface area contributed by atoms with Gasteiger partial charge in [-0.2, -0.15) is 0 Å². The third kappa shape index (κ3) is 7.18. The summed E-state index contributed by atoms with van der Waals surface area (Å²) in [4.78, 5) is 23.8. The predicted molar refractivity (Wildman–Crippen MR) is 101 cm³/mol. The number of carbonyl (C=O) groups excluding carboxylic acids is 2. The molecule has 1 unspecified atom stereocenters. The van der Waals surface area contributed by atoms with Gasteiger partial charge >= 0.3 is 5.97 Å². The lowest BCUT2D eigenvalue weighted by Crippen LogP contribution is -2.35. The van der Waals surface area contributed by atoms with E-state index in [2.05, 4.69) is 10.0 Å². The number of rotatable bonds is 10. The van der Waals surface area contributed by atoms with Gasteiger partial charge in [-0.3, -0.25) is 4.79 Å². The first-order valence-electron chi connectivity index (χ1n) is 8.77. The number of sulfonamides is 1. The van der Waals surface area contributed by atoms with Gasteiger partial charge in [-0.25, -0.2) is 17.9 Å². The SMILES string of the molecule is CCCC(C)NC(=O)COC(=O)c1ccc(OC)c(S(=O)(=O)NC(C)C)c1. The highest BCUT2D eigenvalue weighted by atomic mass is 32.2. The molecule has 0 heterocycles. The lowest BCUT2D eigenvalue weighted by Gasteiger charge is -2.14. The maximum absolute atomic E-state index is 12.4. The van der Waals surface area contributed by atoms with Gasteiger partial charge in [0.1, 0.15) is 10.6 Å². The van der Waals surface area contributed by atoms with E-state index in [4.69, 9.17) is 9.47 Å². The Morgan fingerprint density at radius 1 is 1.19 bits per heavy atom. The Morgan fingerprint density at radius 2 is 1.85 bits per heavy atom. The fourth-order valence-electron chi connectivity index (χ4n) is 2.42. The average Bonchev–Trinajstić information content (AvgIpc) is 2.58. The van der Waals surface area contributed by atoms with E-state index in [1.807, 2.05) is 13.8 Å². The maximum atomic E-state index is 12.4. The molecule has 2 N–H and O–H groups in total. The fourth-order valence-corrected chi connectivity index (χ4v) is 3.87. The molecule has 1 aromatic carbocycles. The van der Waals surface area contributed by atoms with Gasteiger partial charge in [-0.15, -0.1) is 0 Å². The molecule has 0 aliphatic carbocycles. The molecule has 27 heavy (non-hydrogen) atoms. The highest BCUT2D eigenvalue weighted by molar-refractivity contribution is 7.89. The van der Waals surface area contributed by atoms with Crippen molar-refractivity contribution in [1.29, 1.82) is 0 Å². The summed E-state index contributed by atoms with van der Waals surface area (Å²) in [7, 11) is -2.54. The quantitative estimate of drug-likeness (QED) is 0.580. The average molecular weight is 400 g/mol. The van der Waals surface area contributed by atoms with E-state index in [0.717, 1.165) is 12.8 Å². The van der Waals surface area contributed by atoms with Crippen LogP contribution in [-0.2, 0) is 19.6 Å². The van der Waals surface area contributed by atoms with Crippen LogP contribution in [0.3, 0.4) is 0 Å². The summed E-state index contributed by atoms with van der Waals surface area (Å²) >= 11 is 0. The second kappa shape index (κ2) is 10.3. The summed E-state index contributed by atoms with van der Waals surface area (Å²) in [5.41, 5.74) is 0.00865. The molecule has 1 amide bonds. The van der Waals surface area contributed by atoms with E-state index in [1.165, 1.54) is 25.3 Å². The number of methoxy groups -OCH3 is 1. The van der Waals surface area contributed by atoms with Gasteiger partial charge in [-0.05, 0) is 45.4 Å². The summed E-state index contributed by atoms with van der Waals surface area (Å²) in [5, 5.41) is 2.72. The maximum Gasteiger partial charge on any atom is 0.338 e. The van der Waals surface area contributed by atoms with Gasteiger partial charge in [0.05, 0.1) is 12.7 Å². The number of hydrogen-bond acceptors (Lipinski definition) is 6. The Kier molecular flexibility index (Phi) is 8.71. The zero-order chi connectivity index (χ0) is 20.6. The molecule has 152 valence electrons. The van der Waals surface area contributed by atoms with Crippen LogP contribution in [0, 0.1) is 0 Å². The third-order valence-corrected chi connectivity index (χ3v) is 5.22. The van der Waals surface area contributed by atoms with Gasteiger partial charge in [0.2, 0.25) is 10.0 Å². The molecule has 0 aliphatic rings. The number of nitrogens with one attached hydrogen (secondary N) is 2. The highest BCUT2D eigenvalue weighted by Gasteiger charge is 2.23. The Labute approximate surface area is 160 Å². The second-order valence-electron chi connectivity index (χ2n) is 6.47. The topological polar surface area (TPSA) is 111 Å². The van der Waals surface area contributed by atoms with Crippen molar-refractivity contribution in [2.24, 2.45) is 0 Å². The molecule has 9 heteroatoms. The molecule has 0 radical (unpaired) electrons. The van der Waals surface area contributed by atoms with Crippen LogP contribution < -0.4 is 14.8 Å². The number of esters is 1. The molecular weight excluding hydrogens is 372 g/mol. The van der Waals surface area contributed by atoms with E-state index < -0.39 is 28.5 Å². The highest BCUT2D eigenvalue weighted by Crippen LogP contribution is 2.25. The van der Waals surface area contributed by atoms with Crippen molar-refractivity contribution in [1.82, 2.24) is 10.0 Å². The molecule has 0 saturated carbocycles. The molecule has 0 spiro atoms. The van der Waals surface area contributed by atoms with Crippen LogP contribution in [0.1, 0.15) is 50.9 Å². The Morgan fingerprint density at radius 3 is 2.41 bits per heavy atom. The molecular formula is C18H28N2O6S. The van der Waals surface area contributed by atoms with E-state index in [-0.39, 0.29) is 28.3 Å². The molecule has 0 aliphatic heterocycles. The van der Waals surface area contributed by atoms with Crippen molar-refractivity contribution < 1.29 is 27.5 Å². The number of carbonyl (C=O) groups is 2. The standard InChI is InChI=1S/C18H28N2O6S/c1-6-7-13(4)19-17(21)11-26-18(22)14-8-9-15(25-5)16(10-14)27(23,24)20-12(2)3/h8-10,12-13,20H,6-7,11H2,1-5H3,(H,19,21). The van der Waals surface area contributed by atoms with Crippen LogP contribution in [0.25, 0.3) is 0 Å². The number of amides is 1. The van der Waals surface area contributed by atoms with Crippen molar-refractivity contribution in [3.8, 4) is 5.75 Å². The number of ether oxygens (including phenoxy) is 2. The predicted octanol–water partition coefficient (Wildman–Crippen LogP) is 1.84. The summed E-state index contributed by atoms with van der Waals surface area (Å²) in [6.45, 7) is 6.80. The van der Waals surface area contributed by atoms with Gasteiger partial charge in [0.25, 0.3) is 5.91 Å². The van der Waals surface area contributed by atoms with Crippen LogP contribution >= 0.6 is 0 Å². The molecule has 8 nitrogen and oxygen atoms in total. The van der Waals surface area contributed by atoms with Crippen molar-refractivity contribution >= 4 is 21.9 Å². The van der Waals surface area contributed by atoms with Gasteiger partial charge in [-0.1, -0.05) is 13.3 Å². The first kappa shape index (κ1) is 22.9. The zero-order valence-electron chi connectivity index (χ0n) is 16.4. The summed E-state index contributed by atoms with van der Waals surface area (Å²) in [5.74, 6) is -1.10. The Hall–Kier alpha value is -2.13. The zero-order valence-corrected chi connectivity index (χ0v) is 17.2. The number of benzene rings is 1. The minimum atomic E-state index is -3.87. The minimum Gasteiger partial charge on any atom is -0.495 e. The fraction of sp³-hybridized carbons (Fsp3) is 0.556. The first-order valence-corrected chi connectivity index (χ1v) is 10.3. The van der Waals surface area contributed by atoms with E-state index in [9.17, 15) is 18.0 Å². The molecule has 0 fully saturated rings. The summed E-state index contributed by atoms with van der Waals surface area (Å²) < 4.78 is 37.4. The van der Waals surface area contributed by atoms with Gasteiger partial charge in [0.15, 0.2) is 6.61 Å². The van der Waals surface area contributed by atoms with Crippen LogP contribution in [0.4, 0.5) is 0 Å². The van der Waals surface area contributed by atoms with Crippen LogP contribution in [0.2, 0.25) is 0 Å². The van der Waals surface area contributed by atoms with Crippen molar-refractivity contribution in [2.45, 2.75) is 57.5 Å². The molecule has 0 saturated heterocycles. The molecule has 0 bridgehead atoms. The smallest absolute Gasteiger partial charge is 0.338 e. The Balaban J connectivity index is 2.90. The second-order valence-corrected chi connectivity index (χ2v) is 8.16. The van der Waals surface area contributed by atoms with Crippen molar-refractivity contribution in [2.75, 3.05) is 13.7 Å². The van der Waals surface area contributed by atoms with Crippen molar-refractivity contribution in [3.05, 3.63) is 23.8 Å². The van der Waals surface area contributed by atoms with Gasteiger partial charge < -0.3 is 14.8 Å². The molecule has 1 atom stereocenters. The monoisotopic (exact) mass is 400 g/mol. The minimum absolute atomic E-state index is 0.00865. The van der Waals surface area contributed by atoms with Crippen molar-refractivity contribution in [3.63, 3.8) is 0 Å². The van der Waals surface area contributed by atoms with E-state index >= 15 is 0 Å².